The Labute approximate surface area is 107 Å². The Kier molecular flexibility index (Phi) is 6.36. The maximum atomic E-state index is 11.5. The van der Waals surface area contributed by atoms with Crippen molar-refractivity contribution in [3.05, 3.63) is 0 Å². The molecule has 0 rings (SSSR count). The molecular weight excluding hydrogens is 236 g/mol. The summed E-state index contributed by atoms with van der Waals surface area (Å²) in [6.45, 7) is 7.20. The summed E-state index contributed by atoms with van der Waals surface area (Å²) in [6.07, 6.45) is -0.0829. The highest BCUT2D eigenvalue weighted by atomic mass is 16.4. The van der Waals surface area contributed by atoms with Crippen LogP contribution in [0, 0.1) is 11.3 Å². The number of hydrogen-bond donors (Lipinski definition) is 3. The number of carbonyl (C=O) groups excluding carboxylic acids is 2. The van der Waals surface area contributed by atoms with Gasteiger partial charge in [0.25, 0.3) is 0 Å². The van der Waals surface area contributed by atoms with Crippen molar-refractivity contribution >= 4 is 17.8 Å². The minimum absolute atomic E-state index is 0.0740. The van der Waals surface area contributed by atoms with Gasteiger partial charge in [0.05, 0.1) is 5.41 Å². The number of aliphatic carboxylic acids is 1. The van der Waals surface area contributed by atoms with Crippen LogP contribution < -0.4 is 10.6 Å². The molecule has 0 radical (unpaired) electrons. The van der Waals surface area contributed by atoms with Gasteiger partial charge in [-0.15, -0.1) is 0 Å². The van der Waals surface area contributed by atoms with E-state index in [4.69, 9.17) is 5.11 Å². The van der Waals surface area contributed by atoms with Crippen molar-refractivity contribution in [1.82, 2.24) is 10.6 Å². The average Bonchev–Trinajstić information content (AvgIpc) is 2.22. The minimum Gasteiger partial charge on any atom is -0.481 e. The first-order chi connectivity index (χ1) is 8.16. The van der Waals surface area contributed by atoms with Crippen LogP contribution in [-0.4, -0.2) is 36.0 Å². The van der Waals surface area contributed by atoms with Gasteiger partial charge in [0.2, 0.25) is 11.8 Å². The summed E-state index contributed by atoms with van der Waals surface area (Å²) in [7, 11) is 0. The molecule has 0 fully saturated rings. The van der Waals surface area contributed by atoms with Gasteiger partial charge < -0.3 is 15.7 Å². The van der Waals surface area contributed by atoms with E-state index in [9.17, 15) is 14.4 Å². The lowest BCUT2D eigenvalue weighted by atomic mass is 9.89. The van der Waals surface area contributed by atoms with Gasteiger partial charge in [-0.1, -0.05) is 13.8 Å². The molecule has 0 aliphatic rings. The summed E-state index contributed by atoms with van der Waals surface area (Å²) in [4.78, 5) is 33.5. The molecule has 2 amide bonds. The van der Waals surface area contributed by atoms with Crippen LogP contribution in [0.3, 0.4) is 0 Å². The topological polar surface area (TPSA) is 95.5 Å². The van der Waals surface area contributed by atoms with Crippen LogP contribution in [-0.2, 0) is 14.4 Å². The van der Waals surface area contributed by atoms with Gasteiger partial charge in [0.15, 0.2) is 0 Å². The molecule has 3 N–H and O–H groups in total. The van der Waals surface area contributed by atoms with E-state index >= 15 is 0 Å². The summed E-state index contributed by atoms with van der Waals surface area (Å²) in [6, 6.07) is 0. The Hall–Kier alpha value is -1.59. The van der Waals surface area contributed by atoms with Crippen molar-refractivity contribution in [2.45, 2.75) is 34.1 Å². The van der Waals surface area contributed by atoms with Crippen LogP contribution in [0.25, 0.3) is 0 Å². The first-order valence-electron chi connectivity index (χ1n) is 5.94. The summed E-state index contributed by atoms with van der Waals surface area (Å²) in [5.74, 6) is -1.51. The summed E-state index contributed by atoms with van der Waals surface area (Å²) in [5, 5.41) is 14.1. The van der Waals surface area contributed by atoms with Gasteiger partial charge in [0.1, 0.15) is 0 Å². The zero-order chi connectivity index (χ0) is 14.3. The van der Waals surface area contributed by atoms with Crippen molar-refractivity contribution in [2.75, 3.05) is 13.1 Å². The summed E-state index contributed by atoms with van der Waals surface area (Å²) < 4.78 is 0. The number of rotatable bonds is 7. The van der Waals surface area contributed by atoms with E-state index in [1.807, 2.05) is 0 Å². The van der Waals surface area contributed by atoms with Gasteiger partial charge in [0, 0.05) is 25.4 Å². The predicted octanol–water partition coefficient (Wildman–Crippen LogP) is 0.376. The highest BCUT2D eigenvalue weighted by Gasteiger charge is 2.29. The van der Waals surface area contributed by atoms with E-state index in [2.05, 4.69) is 10.6 Å². The van der Waals surface area contributed by atoms with E-state index in [1.165, 1.54) is 13.8 Å². The standard InChI is InChI=1S/C12H22N2O4/c1-8(2)10(16)14-6-5-13-9(15)7-12(3,4)11(17)18/h8H,5-7H2,1-4H3,(H,13,15)(H,14,16)(H,17,18). The van der Waals surface area contributed by atoms with Crippen molar-refractivity contribution in [1.29, 1.82) is 0 Å². The Morgan fingerprint density at radius 1 is 1.11 bits per heavy atom. The van der Waals surface area contributed by atoms with Crippen LogP contribution in [0.5, 0.6) is 0 Å². The molecule has 18 heavy (non-hydrogen) atoms. The molecule has 0 spiro atoms. The third kappa shape index (κ3) is 6.22. The van der Waals surface area contributed by atoms with Gasteiger partial charge in [-0.05, 0) is 13.8 Å². The van der Waals surface area contributed by atoms with Crippen LogP contribution in [0.1, 0.15) is 34.1 Å². The van der Waals surface area contributed by atoms with E-state index in [0.29, 0.717) is 13.1 Å². The quantitative estimate of drug-likeness (QED) is 0.575. The summed E-state index contributed by atoms with van der Waals surface area (Å²) >= 11 is 0. The summed E-state index contributed by atoms with van der Waals surface area (Å²) in [5.41, 5.74) is -1.08. The molecule has 0 aromatic heterocycles. The smallest absolute Gasteiger partial charge is 0.309 e. The SMILES string of the molecule is CC(C)C(=O)NCCNC(=O)CC(C)(C)C(=O)O. The van der Waals surface area contributed by atoms with Crippen molar-refractivity contribution in [2.24, 2.45) is 11.3 Å². The molecule has 0 bridgehead atoms. The number of hydrogen-bond acceptors (Lipinski definition) is 3. The van der Waals surface area contributed by atoms with Crippen molar-refractivity contribution < 1.29 is 19.5 Å². The fourth-order valence-electron chi connectivity index (χ4n) is 1.13. The molecule has 104 valence electrons. The van der Waals surface area contributed by atoms with Gasteiger partial charge in [-0.3, -0.25) is 14.4 Å². The molecule has 0 aliphatic carbocycles. The highest BCUT2D eigenvalue weighted by molar-refractivity contribution is 5.84. The van der Waals surface area contributed by atoms with Crippen LogP contribution in [0.4, 0.5) is 0 Å². The molecular formula is C12H22N2O4. The largest absolute Gasteiger partial charge is 0.481 e. The maximum Gasteiger partial charge on any atom is 0.309 e. The second-order valence-electron chi connectivity index (χ2n) is 5.16. The molecule has 0 aromatic carbocycles. The number of amides is 2. The average molecular weight is 258 g/mol. The molecule has 0 saturated carbocycles. The second-order valence-corrected chi connectivity index (χ2v) is 5.16. The van der Waals surface area contributed by atoms with E-state index in [0.717, 1.165) is 0 Å². The fraction of sp³-hybridized carbons (Fsp3) is 0.750. The molecule has 0 atom stereocenters. The number of carboxylic acids is 1. The van der Waals surface area contributed by atoms with Crippen LogP contribution in [0.2, 0.25) is 0 Å². The number of nitrogens with one attached hydrogen (secondary N) is 2. The lowest BCUT2D eigenvalue weighted by Crippen LogP contribution is -2.38. The minimum atomic E-state index is -1.08. The van der Waals surface area contributed by atoms with Crippen molar-refractivity contribution in [3.8, 4) is 0 Å². The Morgan fingerprint density at radius 3 is 2.06 bits per heavy atom. The number of carboxylic acid groups (broad SMARTS) is 1. The lowest BCUT2D eigenvalue weighted by molar-refractivity contribution is -0.149. The predicted molar refractivity (Wildman–Crippen MR) is 66.9 cm³/mol. The van der Waals surface area contributed by atoms with Gasteiger partial charge in [-0.25, -0.2) is 0 Å². The fourth-order valence-corrected chi connectivity index (χ4v) is 1.13. The highest BCUT2D eigenvalue weighted by Crippen LogP contribution is 2.19. The van der Waals surface area contributed by atoms with E-state index in [-0.39, 0.29) is 24.2 Å². The normalized spacial score (nSPS) is 11.2. The molecule has 0 aliphatic heterocycles. The number of carbonyl (C=O) groups is 3. The molecule has 0 heterocycles. The second kappa shape index (κ2) is 6.98. The molecule has 0 aromatic rings. The van der Waals surface area contributed by atoms with Gasteiger partial charge >= 0.3 is 5.97 Å². The molecule has 6 nitrogen and oxygen atoms in total. The zero-order valence-corrected chi connectivity index (χ0v) is 11.4. The lowest BCUT2D eigenvalue weighted by Gasteiger charge is -2.18. The zero-order valence-electron chi connectivity index (χ0n) is 11.4. The van der Waals surface area contributed by atoms with E-state index < -0.39 is 11.4 Å². The Bertz CT molecular complexity index is 324. The monoisotopic (exact) mass is 258 g/mol. The van der Waals surface area contributed by atoms with E-state index in [1.54, 1.807) is 13.8 Å². The first-order valence-corrected chi connectivity index (χ1v) is 5.94. The molecule has 0 saturated heterocycles. The van der Waals surface area contributed by atoms with Crippen LogP contribution in [0.15, 0.2) is 0 Å². The third-order valence-corrected chi connectivity index (χ3v) is 2.45. The maximum absolute atomic E-state index is 11.5. The van der Waals surface area contributed by atoms with Gasteiger partial charge in [-0.2, -0.15) is 0 Å². The third-order valence-electron chi connectivity index (χ3n) is 2.45. The Morgan fingerprint density at radius 2 is 1.61 bits per heavy atom. The Balaban J connectivity index is 3.86. The first kappa shape index (κ1) is 16.4. The van der Waals surface area contributed by atoms with Crippen LogP contribution >= 0.6 is 0 Å². The molecule has 6 heteroatoms. The van der Waals surface area contributed by atoms with Crippen molar-refractivity contribution in [3.63, 3.8) is 0 Å². The molecule has 0 unspecified atom stereocenters.